The fourth-order valence-corrected chi connectivity index (χ4v) is 2.32. The lowest BCUT2D eigenvalue weighted by molar-refractivity contribution is -0.361. The van der Waals surface area contributed by atoms with Gasteiger partial charge in [0.15, 0.2) is 0 Å². The van der Waals surface area contributed by atoms with Gasteiger partial charge in [0.2, 0.25) is 0 Å². The highest BCUT2D eigenvalue weighted by Gasteiger charge is 2.76. The highest BCUT2D eigenvalue weighted by Crippen LogP contribution is 2.56. The summed E-state index contributed by atoms with van der Waals surface area (Å²) in [6.45, 7) is 2.00. The zero-order chi connectivity index (χ0) is 24.1. The van der Waals surface area contributed by atoms with E-state index >= 15 is 0 Å². The van der Waals surface area contributed by atoms with Crippen molar-refractivity contribution >= 4 is 0 Å². The minimum atomic E-state index is -6.90. The number of alkyl halides is 14. The lowest BCUT2D eigenvalue weighted by atomic mass is 9.85. The number of halogens is 14. The van der Waals surface area contributed by atoms with Crippen LogP contribution in [0, 0.1) is 12.3 Å². The van der Waals surface area contributed by atoms with E-state index in [0.29, 0.717) is 0 Å². The third kappa shape index (κ3) is 4.05. The molecule has 0 unspecified atom stereocenters. The van der Waals surface area contributed by atoms with E-state index in [9.17, 15) is 61.5 Å². The Hall–Kier alpha value is -1.76. The zero-order valence-electron chi connectivity index (χ0n) is 14.7. The molecule has 0 fully saturated rings. The molecule has 0 spiro atoms. The summed E-state index contributed by atoms with van der Waals surface area (Å²) in [7, 11) is 0. The summed E-state index contributed by atoms with van der Waals surface area (Å²) >= 11 is 0. The van der Waals surface area contributed by atoms with Crippen LogP contribution in [0.3, 0.4) is 0 Å². The maximum atomic E-state index is 14.1. The van der Waals surface area contributed by atoms with Gasteiger partial charge in [0.1, 0.15) is 0 Å². The van der Waals surface area contributed by atoms with Gasteiger partial charge >= 0.3 is 36.0 Å². The van der Waals surface area contributed by atoms with Gasteiger partial charge in [-0.1, -0.05) is 32.0 Å². The van der Waals surface area contributed by atoms with Crippen LogP contribution in [0.1, 0.15) is 30.5 Å². The summed E-state index contributed by atoms with van der Waals surface area (Å²) in [6, 6.07) is -0.443. The van der Waals surface area contributed by atoms with E-state index in [0.717, 1.165) is 13.8 Å². The standard InChI is InChI=1S/C16H11F14/c1-7(2)6-8-9(11(17,18)13(21,22)15(25,26)27)4-3-5-10(8)12(19,20)14(23,24)16(28,29)30/h3-7H,1-2H3. The third-order valence-electron chi connectivity index (χ3n) is 3.78. The maximum absolute atomic E-state index is 14.1. The van der Waals surface area contributed by atoms with Gasteiger partial charge in [0.25, 0.3) is 0 Å². The predicted molar refractivity (Wildman–Crippen MR) is 74.5 cm³/mol. The van der Waals surface area contributed by atoms with Crippen LogP contribution in [0.4, 0.5) is 61.5 Å². The van der Waals surface area contributed by atoms with E-state index in [4.69, 9.17) is 0 Å². The molecule has 0 aromatic heterocycles. The summed E-state index contributed by atoms with van der Waals surface area (Å²) in [4.78, 5) is 0. The molecule has 0 saturated heterocycles. The van der Waals surface area contributed by atoms with Gasteiger partial charge < -0.3 is 0 Å². The van der Waals surface area contributed by atoms with Crippen molar-refractivity contribution in [3.05, 3.63) is 41.3 Å². The van der Waals surface area contributed by atoms with Crippen molar-refractivity contribution in [3.8, 4) is 0 Å². The van der Waals surface area contributed by atoms with Crippen LogP contribution in [0.15, 0.2) is 18.2 Å². The van der Waals surface area contributed by atoms with Gasteiger partial charge in [-0.15, -0.1) is 0 Å². The Morgan fingerprint density at radius 2 is 0.900 bits per heavy atom. The van der Waals surface area contributed by atoms with Crippen LogP contribution >= 0.6 is 0 Å². The van der Waals surface area contributed by atoms with Crippen molar-refractivity contribution < 1.29 is 61.5 Å². The minimum absolute atomic E-state index is 0.0525. The van der Waals surface area contributed by atoms with E-state index < -0.39 is 58.7 Å². The van der Waals surface area contributed by atoms with E-state index in [1.54, 1.807) is 0 Å². The molecule has 173 valence electrons. The Balaban J connectivity index is 3.93. The number of hydrogen-bond donors (Lipinski definition) is 0. The van der Waals surface area contributed by atoms with Gasteiger partial charge in [-0.3, -0.25) is 0 Å². The lowest BCUT2D eigenvalue weighted by Gasteiger charge is -2.33. The fraction of sp³-hybridized carbons (Fsp3) is 0.562. The number of hydrogen-bond acceptors (Lipinski definition) is 0. The average Bonchev–Trinajstić information content (AvgIpc) is 2.51. The summed E-state index contributed by atoms with van der Waals surface area (Å²) in [5.74, 6) is -27.5. The number of benzene rings is 1. The van der Waals surface area contributed by atoms with Crippen LogP contribution in [0.25, 0.3) is 0 Å². The molecule has 14 heteroatoms. The first-order chi connectivity index (χ1) is 13.0. The molecule has 0 nitrogen and oxygen atoms in total. The molecule has 0 heterocycles. The topological polar surface area (TPSA) is 0 Å². The monoisotopic (exact) mass is 469 g/mol. The summed E-state index contributed by atoms with van der Waals surface area (Å²) < 4.78 is 184. The average molecular weight is 469 g/mol. The minimum Gasteiger partial charge on any atom is -0.194 e. The molecule has 0 amide bonds. The molecule has 0 atom stereocenters. The Morgan fingerprint density at radius 3 is 1.13 bits per heavy atom. The van der Waals surface area contributed by atoms with Crippen LogP contribution < -0.4 is 0 Å². The summed E-state index contributed by atoms with van der Waals surface area (Å²) in [5.41, 5.74) is -6.97. The SMILES string of the molecule is CC(C)[CH]c1c(C(F)(F)C(F)(F)C(F)(F)F)cccc1C(F)(F)C(F)(F)C(F)(F)F. The molecular formula is C16H11F14. The maximum Gasteiger partial charge on any atom is 0.460 e. The van der Waals surface area contributed by atoms with Crippen LogP contribution in [0.5, 0.6) is 0 Å². The molecule has 0 aliphatic heterocycles. The molecule has 0 aliphatic rings. The second kappa shape index (κ2) is 7.43. The smallest absolute Gasteiger partial charge is 0.194 e. The number of rotatable bonds is 6. The van der Waals surface area contributed by atoms with Crippen LogP contribution in [-0.4, -0.2) is 24.2 Å². The van der Waals surface area contributed by atoms with Crippen molar-refractivity contribution in [2.24, 2.45) is 5.92 Å². The fourth-order valence-electron chi connectivity index (χ4n) is 2.32. The summed E-state index contributed by atoms with van der Waals surface area (Å²) in [5, 5.41) is 0. The zero-order valence-corrected chi connectivity index (χ0v) is 14.7. The Kier molecular flexibility index (Phi) is 6.51. The third-order valence-corrected chi connectivity index (χ3v) is 3.78. The normalized spacial score (nSPS) is 15.1. The van der Waals surface area contributed by atoms with Crippen molar-refractivity contribution in [1.82, 2.24) is 0 Å². The van der Waals surface area contributed by atoms with Crippen molar-refractivity contribution in [2.75, 3.05) is 0 Å². The van der Waals surface area contributed by atoms with Gasteiger partial charge in [-0.2, -0.15) is 61.5 Å². The predicted octanol–water partition coefficient (Wildman–Crippen LogP) is 7.47. The molecule has 1 rings (SSSR count). The largest absolute Gasteiger partial charge is 0.460 e. The van der Waals surface area contributed by atoms with Crippen molar-refractivity contribution in [2.45, 2.75) is 49.9 Å². The quantitative estimate of drug-likeness (QED) is 0.379. The first-order valence-electron chi connectivity index (χ1n) is 7.67. The van der Waals surface area contributed by atoms with E-state index in [1.807, 2.05) is 0 Å². The first kappa shape index (κ1) is 26.3. The molecule has 0 saturated carbocycles. The Labute approximate surface area is 159 Å². The molecular weight excluding hydrogens is 458 g/mol. The van der Waals surface area contributed by atoms with Crippen LogP contribution in [0.2, 0.25) is 0 Å². The van der Waals surface area contributed by atoms with E-state index in [2.05, 4.69) is 0 Å². The van der Waals surface area contributed by atoms with Gasteiger partial charge in [-0.25, -0.2) is 0 Å². The molecule has 0 N–H and O–H groups in total. The lowest BCUT2D eigenvalue weighted by Crippen LogP contribution is -2.52. The first-order valence-corrected chi connectivity index (χ1v) is 7.67. The highest BCUT2D eigenvalue weighted by molar-refractivity contribution is 5.47. The van der Waals surface area contributed by atoms with E-state index in [1.165, 1.54) is 0 Å². The molecule has 0 bridgehead atoms. The van der Waals surface area contributed by atoms with Gasteiger partial charge in [-0.05, 0) is 17.9 Å². The van der Waals surface area contributed by atoms with Gasteiger partial charge in [0.05, 0.1) is 0 Å². The van der Waals surface area contributed by atoms with E-state index in [-0.39, 0.29) is 24.6 Å². The van der Waals surface area contributed by atoms with Crippen molar-refractivity contribution in [3.63, 3.8) is 0 Å². The molecule has 30 heavy (non-hydrogen) atoms. The van der Waals surface area contributed by atoms with Crippen LogP contribution in [-0.2, 0) is 11.8 Å². The van der Waals surface area contributed by atoms with Crippen molar-refractivity contribution in [1.29, 1.82) is 0 Å². The molecule has 1 aromatic carbocycles. The molecule has 1 radical (unpaired) electrons. The summed E-state index contributed by atoms with van der Waals surface area (Å²) in [6.07, 6.45) is -13.6. The highest BCUT2D eigenvalue weighted by atomic mass is 19.4. The Morgan fingerprint density at radius 1 is 0.600 bits per heavy atom. The second-order valence-corrected chi connectivity index (χ2v) is 6.47. The molecule has 1 aromatic rings. The second-order valence-electron chi connectivity index (χ2n) is 6.47. The molecule has 0 aliphatic carbocycles. The Bertz CT molecular complexity index is 698. The van der Waals surface area contributed by atoms with Gasteiger partial charge in [0, 0.05) is 11.1 Å².